The third-order valence-electron chi connectivity index (χ3n) is 5.97. The molecule has 25 heavy (non-hydrogen) atoms. The monoisotopic (exact) mass is 342 g/mol. The van der Waals surface area contributed by atoms with Crippen molar-refractivity contribution < 1.29 is 4.79 Å². The van der Waals surface area contributed by atoms with Crippen LogP contribution < -0.4 is 16.7 Å². The molecule has 1 atom stereocenters. The van der Waals surface area contributed by atoms with Crippen LogP contribution in [0.2, 0.25) is 0 Å². The van der Waals surface area contributed by atoms with E-state index >= 15 is 0 Å². The largest absolute Gasteiger partial charge is 0.345 e. The number of fused-ring (bicyclic) bond motifs is 1. The molecule has 1 amide bonds. The molecule has 4 N–H and O–H groups in total. The van der Waals surface area contributed by atoms with Crippen LogP contribution in [0.15, 0.2) is 23.0 Å². The highest BCUT2D eigenvalue weighted by atomic mass is 16.2. The van der Waals surface area contributed by atoms with Crippen molar-refractivity contribution in [3.8, 4) is 0 Å². The van der Waals surface area contributed by atoms with Crippen LogP contribution in [-0.4, -0.2) is 27.5 Å². The Morgan fingerprint density at radius 1 is 1.32 bits per heavy atom. The number of carbonyl (C=O) groups excluding carboxylic acids is 1. The summed E-state index contributed by atoms with van der Waals surface area (Å²) >= 11 is 0. The van der Waals surface area contributed by atoms with Gasteiger partial charge in [0.05, 0.1) is 16.6 Å². The number of hydrogen-bond donors (Lipinski definition) is 3. The second-order valence-corrected chi connectivity index (χ2v) is 7.82. The minimum atomic E-state index is -0.352. The van der Waals surface area contributed by atoms with E-state index in [-0.39, 0.29) is 23.2 Å². The van der Waals surface area contributed by atoms with Crippen molar-refractivity contribution in [2.45, 2.75) is 57.0 Å². The molecule has 1 heterocycles. The lowest BCUT2D eigenvalue weighted by Gasteiger charge is -2.29. The molecule has 2 aromatic rings. The number of aromatic nitrogens is 2. The maximum atomic E-state index is 12.7. The van der Waals surface area contributed by atoms with Crippen molar-refractivity contribution in [2.75, 3.05) is 6.54 Å². The van der Waals surface area contributed by atoms with Crippen molar-refractivity contribution in [3.05, 3.63) is 34.2 Å². The Labute approximate surface area is 146 Å². The van der Waals surface area contributed by atoms with Crippen LogP contribution in [0.3, 0.4) is 0 Å². The summed E-state index contributed by atoms with van der Waals surface area (Å²) in [5.41, 5.74) is 7.64. The number of benzene rings is 1. The van der Waals surface area contributed by atoms with Gasteiger partial charge in [-0.15, -0.1) is 0 Å². The molecular formula is C19H26N4O2. The van der Waals surface area contributed by atoms with Gasteiger partial charge in [0.25, 0.3) is 5.91 Å². The van der Waals surface area contributed by atoms with E-state index in [4.69, 9.17) is 5.73 Å². The van der Waals surface area contributed by atoms with E-state index in [9.17, 15) is 9.59 Å². The average molecular weight is 342 g/mol. The van der Waals surface area contributed by atoms with Gasteiger partial charge in [-0.25, -0.2) is 4.79 Å². The maximum absolute atomic E-state index is 12.7. The van der Waals surface area contributed by atoms with Gasteiger partial charge in [0.2, 0.25) is 0 Å². The number of aromatic amines is 1. The number of imidazole rings is 1. The van der Waals surface area contributed by atoms with Crippen LogP contribution in [0, 0.1) is 5.92 Å². The third-order valence-corrected chi connectivity index (χ3v) is 5.97. The number of nitrogens with two attached hydrogens (primary N) is 1. The van der Waals surface area contributed by atoms with Crippen LogP contribution in [-0.2, 0) is 0 Å². The van der Waals surface area contributed by atoms with E-state index in [1.807, 2.05) is 17.6 Å². The first-order chi connectivity index (χ1) is 12.0. The Morgan fingerprint density at radius 3 is 2.68 bits per heavy atom. The zero-order valence-electron chi connectivity index (χ0n) is 14.7. The molecule has 2 aliphatic rings. The van der Waals surface area contributed by atoms with E-state index in [1.54, 1.807) is 12.1 Å². The average Bonchev–Trinajstić information content (AvgIpc) is 3.23. The highest BCUT2D eigenvalue weighted by molar-refractivity contribution is 5.97. The fraction of sp³-hybridized carbons (Fsp3) is 0.579. The highest BCUT2D eigenvalue weighted by Crippen LogP contribution is 2.39. The van der Waals surface area contributed by atoms with Gasteiger partial charge in [0, 0.05) is 18.2 Å². The summed E-state index contributed by atoms with van der Waals surface area (Å²) in [5, 5.41) is 3.10. The first kappa shape index (κ1) is 16.4. The molecule has 2 fully saturated rings. The Kier molecular flexibility index (Phi) is 3.95. The van der Waals surface area contributed by atoms with E-state index in [0.29, 0.717) is 18.0 Å². The van der Waals surface area contributed by atoms with E-state index in [1.165, 1.54) is 12.8 Å². The predicted molar refractivity (Wildman–Crippen MR) is 97.7 cm³/mol. The number of H-pyrrole nitrogens is 1. The van der Waals surface area contributed by atoms with Gasteiger partial charge in [-0.05, 0) is 56.7 Å². The van der Waals surface area contributed by atoms with Gasteiger partial charge < -0.3 is 16.0 Å². The van der Waals surface area contributed by atoms with Gasteiger partial charge in [0.1, 0.15) is 0 Å². The molecule has 0 radical (unpaired) electrons. The van der Waals surface area contributed by atoms with Gasteiger partial charge in [0.15, 0.2) is 0 Å². The lowest BCUT2D eigenvalue weighted by atomic mass is 9.95. The van der Waals surface area contributed by atoms with Gasteiger partial charge in [-0.3, -0.25) is 9.36 Å². The van der Waals surface area contributed by atoms with Crippen molar-refractivity contribution in [2.24, 2.45) is 11.7 Å². The molecule has 2 aliphatic carbocycles. The lowest BCUT2D eigenvalue weighted by Crippen LogP contribution is -2.53. The fourth-order valence-electron chi connectivity index (χ4n) is 4.17. The van der Waals surface area contributed by atoms with Crippen LogP contribution in [0.25, 0.3) is 11.0 Å². The van der Waals surface area contributed by atoms with Gasteiger partial charge in [-0.1, -0.05) is 12.8 Å². The van der Waals surface area contributed by atoms with Gasteiger partial charge in [-0.2, -0.15) is 0 Å². The zero-order chi connectivity index (χ0) is 17.6. The Morgan fingerprint density at radius 2 is 2.04 bits per heavy atom. The minimum Gasteiger partial charge on any atom is -0.345 e. The number of nitrogens with zero attached hydrogens (tertiary/aromatic N) is 1. The molecule has 4 rings (SSSR count). The molecule has 0 aliphatic heterocycles. The van der Waals surface area contributed by atoms with Gasteiger partial charge >= 0.3 is 5.69 Å². The quantitative estimate of drug-likeness (QED) is 0.778. The molecule has 0 saturated heterocycles. The van der Waals surface area contributed by atoms with Crippen LogP contribution >= 0.6 is 0 Å². The van der Waals surface area contributed by atoms with E-state index in [0.717, 1.165) is 36.7 Å². The summed E-state index contributed by atoms with van der Waals surface area (Å²) in [6.07, 6.45) is 6.66. The Bertz CT molecular complexity index is 858. The molecule has 2 saturated carbocycles. The highest BCUT2D eigenvalue weighted by Gasteiger charge is 2.41. The number of amides is 1. The lowest BCUT2D eigenvalue weighted by molar-refractivity contribution is 0.0898. The molecule has 6 nitrogen and oxygen atoms in total. The summed E-state index contributed by atoms with van der Waals surface area (Å²) in [4.78, 5) is 28.0. The molecular weight excluding hydrogens is 316 g/mol. The summed E-state index contributed by atoms with van der Waals surface area (Å²) in [7, 11) is 0. The fourth-order valence-corrected chi connectivity index (χ4v) is 4.17. The second kappa shape index (κ2) is 6.02. The standard InChI is InChI=1S/C19H26N4O2/c1-19(11-20,13-7-8-13)22-17(24)12-6-9-16-15(10-12)21-18(25)23(16)14-4-2-3-5-14/h6,9-10,13-14H,2-5,7-8,11,20H2,1H3,(H,21,25)(H,22,24). The van der Waals surface area contributed by atoms with Crippen molar-refractivity contribution in [3.63, 3.8) is 0 Å². The number of carbonyl (C=O) groups is 1. The third kappa shape index (κ3) is 2.88. The molecule has 1 aromatic heterocycles. The summed E-state index contributed by atoms with van der Waals surface area (Å²) in [5.74, 6) is 0.338. The molecule has 1 aromatic carbocycles. The summed E-state index contributed by atoms with van der Waals surface area (Å²) in [6, 6.07) is 5.75. The minimum absolute atomic E-state index is 0.0794. The van der Waals surface area contributed by atoms with E-state index in [2.05, 4.69) is 10.3 Å². The van der Waals surface area contributed by atoms with Crippen LogP contribution in [0.5, 0.6) is 0 Å². The molecule has 134 valence electrons. The molecule has 0 bridgehead atoms. The van der Waals surface area contributed by atoms with Crippen molar-refractivity contribution >= 4 is 16.9 Å². The molecule has 1 unspecified atom stereocenters. The maximum Gasteiger partial charge on any atom is 0.326 e. The van der Waals surface area contributed by atoms with Crippen LogP contribution in [0.4, 0.5) is 0 Å². The smallest absolute Gasteiger partial charge is 0.326 e. The normalized spacial score (nSPS) is 20.7. The van der Waals surface area contributed by atoms with Crippen LogP contribution in [0.1, 0.15) is 61.8 Å². The number of rotatable bonds is 5. The second-order valence-electron chi connectivity index (χ2n) is 7.82. The summed E-state index contributed by atoms with van der Waals surface area (Å²) < 4.78 is 1.86. The predicted octanol–water partition coefficient (Wildman–Crippen LogP) is 2.30. The first-order valence-corrected chi connectivity index (χ1v) is 9.29. The summed E-state index contributed by atoms with van der Waals surface area (Å²) in [6.45, 7) is 2.44. The Hall–Kier alpha value is -2.08. The van der Waals surface area contributed by atoms with Crippen molar-refractivity contribution in [1.29, 1.82) is 0 Å². The number of nitrogens with one attached hydrogen (secondary N) is 2. The topological polar surface area (TPSA) is 92.9 Å². The molecule has 0 spiro atoms. The van der Waals surface area contributed by atoms with Crippen molar-refractivity contribution in [1.82, 2.24) is 14.9 Å². The first-order valence-electron chi connectivity index (χ1n) is 9.29. The SMILES string of the molecule is CC(CN)(NC(=O)c1ccc2c(c1)[nH]c(=O)n2C1CCCC1)C1CC1. The number of hydrogen-bond acceptors (Lipinski definition) is 3. The molecule has 6 heteroatoms. The Balaban J connectivity index is 1.63. The van der Waals surface area contributed by atoms with E-state index < -0.39 is 0 Å². The zero-order valence-corrected chi connectivity index (χ0v) is 14.7.